The Morgan fingerprint density at radius 2 is 2.25 bits per heavy atom. The summed E-state index contributed by atoms with van der Waals surface area (Å²) in [6.07, 6.45) is 0. The minimum atomic E-state index is 0.131. The maximum absolute atomic E-state index is 8.46. The average molecular weight is 296 g/mol. The fraction of sp³-hybridized carbons (Fsp3) is 0.125. The Morgan fingerprint density at radius 1 is 1.58 bits per heavy atom. The fourth-order valence-electron chi connectivity index (χ4n) is 0.885. The van der Waals surface area contributed by atoms with Crippen LogP contribution in [0.25, 0.3) is 0 Å². The molecule has 64 valence electrons. The number of benzene rings is 1. The molecule has 0 radical (unpaired) electrons. The first kappa shape index (κ1) is 9.80. The summed E-state index contributed by atoms with van der Waals surface area (Å²) in [6, 6.07) is 5.66. The van der Waals surface area contributed by atoms with Crippen LogP contribution in [0, 0.1) is 10.5 Å². The van der Waals surface area contributed by atoms with Gasteiger partial charge in [-0.3, -0.25) is 0 Å². The molecule has 0 saturated carbocycles. The van der Waals surface area contributed by atoms with Crippen molar-refractivity contribution in [3.63, 3.8) is 0 Å². The molecule has 1 rings (SSSR count). The van der Waals surface area contributed by atoms with E-state index in [1.54, 1.807) is 0 Å². The molecular weight excluding hydrogens is 288 g/mol. The largest absolute Gasteiger partial charge is 0.410 e. The molecule has 0 bridgehead atoms. The molecule has 0 aliphatic heterocycles. The smallest absolute Gasteiger partial charge is 0.175 e. The molecule has 0 fully saturated rings. The van der Waals surface area contributed by atoms with Crippen molar-refractivity contribution in [2.45, 2.75) is 6.92 Å². The summed E-state index contributed by atoms with van der Waals surface area (Å²) in [5.41, 5.74) is 1.80. The summed E-state index contributed by atoms with van der Waals surface area (Å²) in [5, 5.41) is 11.5. The van der Waals surface area contributed by atoms with Crippen LogP contribution in [0.2, 0.25) is 0 Å². The van der Waals surface area contributed by atoms with Gasteiger partial charge in [0.2, 0.25) is 0 Å². The topological polar surface area (TPSA) is 32.6 Å². The third-order valence-corrected chi connectivity index (χ3v) is 3.03. The molecule has 12 heavy (non-hydrogen) atoms. The molecule has 0 saturated heterocycles. The summed E-state index contributed by atoms with van der Waals surface area (Å²) >= 11 is 7.87. The highest BCUT2D eigenvalue weighted by Gasteiger charge is 2.05. The summed E-state index contributed by atoms with van der Waals surface area (Å²) in [7, 11) is 0. The van der Waals surface area contributed by atoms with Gasteiger partial charge in [0, 0.05) is 9.13 Å². The zero-order valence-electron chi connectivity index (χ0n) is 6.38. The van der Waals surface area contributed by atoms with Crippen LogP contribution in [0.3, 0.4) is 0 Å². The second-order valence-electron chi connectivity index (χ2n) is 2.30. The van der Waals surface area contributed by atoms with Gasteiger partial charge in [-0.2, -0.15) is 0 Å². The molecule has 0 aromatic heterocycles. The lowest BCUT2D eigenvalue weighted by molar-refractivity contribution is 0.321. The Bertz CT molecular complexity index is 325. The van der Waals surface area contributed by atoms with E-state index in [1.165, 1.54) is 0 Å². The molecule has 1 aromatic carbocycles. The van der Waals surface area contributed by atoms with Gasteiger partial charge < -0.3 is 5.21 Å². The van der Waals surface area contributed by atoms with E-state index >= 15 is 0 Å². The first-order chi connectivity index (χ1) is 5.66. The van der Waals surface area contributed by atoms with Gasteiger partial charge in [-0.1, -0.05) is 28.9 Å². The summed E-state index contributed by atoms with van der Waals surface area (Å²) < 4.78 is 1.10. The lowest BCUT2D eigenvalue weighted by Crippen LogP contribution is -1.96. The molecule has 1 aromatic rings. The SMILES string of the molecule is Cc1c(I)cccc1C(Cl)=NO. The number of hydrogen-bond acceptors (Lipinski definition) is 2. The highest BCUT2D eigenvalue weighted by Crippen LogP contribution is 2.17. The quantitative estimate of drug-likeness (QED) is 0.367. The lowest BCUT2D eigenvalue weighted by atomic mass is 10.1. The zero-order chi connectivity index (χ0) is 9.14. The maximum Gasteiger partial charge on any atom is 0.175 e. The Hall–Kier alpha value is -0.290. The molecule has 0 aliphatic carbocycles. The Morgan fingerprint density at radius 3 is 2.83 bits per heavy atom. The van der Waals surface area contributed by atoms with Crippen LogP contribution in [0.1, 0.15) is 11.1 Å². The first-order valence-corrected chi connectivity index (χ1v) is 4.75. The monoisotopic (exact) mass is 295 g/mol. The van der Waals surface area contributed by atoms with Crippen LogP contribution >= 0.6 is 34.2 Å². The molecule has 0 unspecified atom stereocenters. The number of nitrogens with zero attached hydrogens (tertiary/aromatic N) is 1. The number of hydrogen-bond donors (Lipinski definition) is 1. The number of rotatable bonds is 1. The van der Waals surface area contributed by atoms with Crippen molar-refractivity contribution < 1.29 is 5.21 Å². The molecule has 1 N–H and O–H groups in total. The molecule has 0 aliphatic rings. The molecule has 0 amide bonds. The zero-order valence-corrected chi connectivity index (χ0v) is 9.30. The Kier molecular flexibility index (Phi) is 3.34. The van der Waals surface area contributed by atoms with E-state index in [2.05, 4.69) is 27.7 Å². The highest BCUT2D eigenvalue weighted by molar-refractivity contribution is 14.1. The second kappa shape index (κ2) is 4.09. The molecule has 4 heteroatoms. The van der Waals surface area contributed by atoms with E-state index in [0.717, 1.165) is 14.7 Å². The van der Waals surface area contributed by atoms with E-state index in [0.29, 0.717) is 0 Å². The molecular formula is C8H7ClINO. The third kappa shape index (κ3) is 1.90. The summed E-state index contributed by atoms with van der Waals surface area (Å²) in [5.74, 6) is 0. The average Bonchev–Trinajstić information content (AvgIpc) is 2.08. The predicted molar refractivity (Wildman–Crippen MR) is 58.1 cm³/mol. The Labute approximate surface area is 89.4 Å². The first-order valence-electron chi connectivity index (χ1n) is 3.30. The van der Waals surface area contributed by atoms with Gasteiger partial charge in [-0.05, 0) is 41.1 Å². The van der Waals surface area contributed by atoms with Crippen LogP contribution < -0.4 is 0 Å². The molecule has 0 spiro atoms. The van der Waals surface area contributed by atoms with E-state index in [4.69, 9.17) is 16.8 Å². The normalized spacial score (nSPS) is 11.8. The van der Waals surface area contributed by atoms with Gasteiger partial charge in [-0.15, -0.1) is 0 Å². The maximum atomic E-state index is 8.46. The van der Waals surface area contributed by atoms with E-state index < -0.39 is 0 Å². The van der Waals surface area contributed by atoms with Gasteiger partial charge in [0.15, 0.2) is 5.17 Å². The molecule has 2 nitrogen and oxygen atoms in total. The third-order valence-electron chi connectivity index (χ3n) is 1.58. The van der Waals surface area contributed by atoms with E-state index in [9.17, 15) is 0 Å². The van der Waals surface area contributed by atoms with Gasteiger partial charge in [0.05, 0.1) is 0 Å². The van der Waals surface area contributed by atoms with Gasteiger partial charge in [-0.25, -0.2) is 0 Å². The van der Waals surface area contributed by atoms with Crippen LogP contribution in [0.4, 0.5) is 0 Å². The van der Waals surface area contributed by atoms with Crippen LogP contribution in [0.15, 0.2) is 23.4 Å². The van der Waals surface area contributed by atoms with Crippen molar-refractivity contribution in [2.24, 2.45) is 5.16 Å². The van der Waals surface area contributed by atoms with Crippen molar-refractivity contribution in [3.05, 3.63) is 32.9 Å². The minimum Gasteiger partial charge on any atom is -0.410 e. The van der Waals surface area contributed by atoms with Gasteiger partial charge >= 0.3 is 0 Å². The van der Waals surface area contributed by atoms with E-state index in [1.807, 2.05) is 25.1 Å². The predicted octanol–water partition coefficient (Wildman–Crippen LogP) is 2.97. The number of halogens is 2. The van der Waals surface area contributed by atoms with Crippen LogP contribution in [0.5, 0.6) is 0 Å². The molecule has 0 atom stereocenters. The summed E-state index contributed by atoms with van der Waals surface area (Å²) in [4.78, 5) is 0. The van der Waals surface area contributed by atoms with Crippen molar-refractivity contribution in [2.75, 3.05) is 0 Å². The standard InChI is InChI=1S/C8H7ClINO/c1-5-6(8(9)11-12)3-2-4-7(5)10/h2-4,12H,1H3. The van der Waals surface area contributed by atoms with Crippen molar-refractivity contribution in [1.29, 1.82) is 0 Å². The van der Waals surface area contributed by atoms with Crippen molar-refractivity contribution >= 4 is 39.4 Å². The minimum absolute atomic E-state index is 0.131. The van der Waals surface area contributed by atoms with Crippen LogP contribution in [-0.4, -0.2) is 10.4 Å². The van der Waals surface area contributed by atoms with Gasteiger partial charge in [0.25, 0.3) is 0 Å². The fourth-order valence-corrected chi connectivity index (χ4v) is 1.59. The van der Waals surface area contributed by atoms with Gasteiger partial charge in [0.1, 0.15) is 0 Å². The molecule has 0 heterocycles. The Balaban J connectivity index is 3.26. The van der Waals surface area contributed by atoms with E-state index in [-0.39, 0.29) is 5.17 Å². The lowest BCUT2D eigenvalue weighted by Gasteiger charge is -2.03. The van der Waals surface area contributed by atoms with Crippen LogP contribution in [-0.2, 0) is 0 Å². The second-order valence-corrected chi connectivity index (χ2v) is 3.82. The number of oxime groups is 1. The van der Waals surface area contributed by atoms with Crippen molar-refractivity contribution in [1.82, 2.24) is 0 Å². The highest BCUT2D eigenvalue weighted by atomic mass is 127. The van der Waals surface area contributed by atoms with Crippen molar-refractivity contribution in [3.8, 4) is 0 Å². The summed E-state index contributed by atoms with van der Waals surface area (Å²) in [6.45, 7) is 1.94.